The van der Waals surface area contributed by atoms with Gasteiger partial charge in [0.25, 0.3) is 0 Å². The van der Waals surface area contributed by atoms with Gasteiger partial charge in [-0.25, -0.2) is 0 Å². The van der Waals surface area contributed by atoms with E-state index >= 15 is 0 Å². The number of hydrogen-bond acceptors (Lipinski definition) is 5. The number of likely N-dealkylation sites (tertiary alicyclic amines) is 1. The number of carbonyl (C=O) groups is 2. The number of amides is 2. The first kappa shape index (κ1) is 15.2. The van der Waals surface area contributed by atoms with Gasteiger partial charge in [0.15, 0.2) is 11.5 Å². The fourth-order valence-corrected chi connectivity index (χ4v) is 3.86. The van der Waals surface area contributed by atoms with Crippen molar-refractivity contribution in [1.82, 2.24) is 4.90 Å². The molecule has 1 aromatic rings. The molecule has 2 fully saturated rings. The number of rotatable bonds is 5. The van der Waals surface area contributed by atoms with E-state index in [1.807, 2.05) is 30.4 Å². The summed E-state index contributed by atoms with van der Waals surface area (Å²) in [5, 5.41) is 0. The van der Waals surface area contributed by atoms with Crippen LogP contribution in [-0.4, -0.2) is 49.7 Å². The second-order valence-corrected chi connectivity index (χ2v) is 6.27. The molecule has 0 unspecified atom stereocenters. The second-order valence-electron chi connectivity index (χ2n) is 6.27. The van der Waals surface area contributed by atoms with Gasteiger partial charge in [-0.3, -0.25) is 14.5 Å². The van der Waals surface area contributed by atoms with Gasteiger partial charge in [-0.05, 0) is 24.1 Å². The second kappa shape index (κ2) is 5.63. The van der Waals surface area contributed by atoms with Gasteiger partial charge in [0.05, 0.1) is 38.3 Å². The van der Waals surface area contributed by atoms with Gasteiger partial charge in [-0.2, -0.15) is 0 Å². The monoisotopic (exact) mass is 329 g/mol. The molecule has 2 amide bonds. The molecule has 0 spiro atoms. The standard InChI is InChI=1S/C18H19NO5/c1-22-11-4-3-10(9-14(11)23-2)7-8-19-17(20)15-12-5-6-13(24-12)16(15)18(19)21/h3-6,9,12-13,15-16H,7-8H2,1-2H3/t12-,13-,15+,16+/m1/s1. The zero-order valence-electron chi connectivity index (χ0n) is 13.6. The normalized spacial score (nSPS) is 30.2. The summed E-state index contributed by atoms with van der Waals surface area (Å²) in [6.07, 6.45) is 3.91. The Bertz CT molecular complexity index is 698. The van der Waals surface area contributed by atoms with E-state index in [9.17, 15) is 9.59 Å². The molecule has 4 rings (SSSR count). The third-order valence-corrected chi connectivity index (χ3v) is 5.07. The summed E-state index contributed by atoms with van der Waals surface area (Å²) < 4.78 is 16.1. The third-order valence-electron chi connectivity index (χ3n) is 5.07. The highest BCUT2D eigenvalue weighted by Gasteiger charge is 2.60. The van der Waals surface area contributed by atoms with Crippen molar-refractivity contribution in [3.63, 3.8) is 0 Å². The molecule has 6 heteroatoms. The van der Waals surface area contributed by atoms with E-state index in [0.29, 0.717) is 24.5 Å². The Morgan fingerprint density at radius 3 is 2.21 bits per heavy atom. The Morgan fingerprint density at radius 1 is 1.00 bits per heavy atom. The third kappa shape index (κ3) is 2.13. The maximum absolute atomic E-state index is 12.6. The van der Waals surface area contributed by atoms with Crippen LogP contribution in [0, 0.1) is 11.8 Å². The van der Waals surface area contributed by atoms with Crippen LogP contribution in [0.4, 0.5) is 0 Å². The van der Waals surface area contributed by atoms with E-state index in [2.05, 4.69) is 0 Å². The fourth-order valence-electron chi connectivity index (χ4n) is 3.86. The smallest absolute Gasteiger partial charge is 0.236 e. The van der Waals surface area contributed by atoms with E-state index in [-0.39, 0.29) is 35.9 Å². The number of carbonyl (C=O) groups excluding carboxylic acids is 2. The lowest BCUT2D eigenvalue weighted by atomic mass is 9.85. The maximum Gasteiger partial charge on any atom is 0.236 e. The van der Waals surface area contributed by atoms with Gasteiger partial charge >= 0.3 is 0 Å². The Hall–Kier alpha value is -2.34. The summed E-state index contributed by atoms with van der Waals surface area (Å²) in [5.74, 6) is 0.408. The number of hydrogen-bond donors (Lipinski definition) is 0. The van der Waals surface area contributed by atoms with Crippen molar-refractivity contribution in [3.05, 3.63) is 35.9 Å². The molecular weight excluding hydrogens is 310 g/mol. The predicted octanol–water partition coefficient (Wildman–Crippen LogP) is 1.18. The molecule has 0 aromatic heterocycles. The molecule has 0 N–H and O–H groups in total. The van der Waals surface area contributed by atoms with Crippen molar-refractivity contribution in [3.8, 4) is 11.5 Å². The molecule has 3 aliphatic rings. The summed E-state index contributed by atoms with van der Waals surface area (Å²) in [6, 6.07) is 5.62. The quantitative estimate of drug-likeness (QED) is 0.600. The Balaban J connectivity index is 1.47. The van der Waals surface area contributed by atoms with Gasteiger partial charge in [-0.1, -0.05) is 18.2 Å². The first-order valence-electron chi connectivity index (χ1n) is 8.04. The molecule has 2 saturated heterocycles. The molecule has 3 heterocycles. The van der Waals surface area contributed by atoms with Crippen molar-refractivity contribution < 1.29 is 23.8 Å². The van der Waals surface area contributed by atoms with Crippen LogP contribution in [-0.2, 0) is 20.7 Å². The van der Waals surface area contributed by atoms with Crippen LogP contribution < -0.4 is 9.47 Å². The van der Waals surface area contributed by atoms with Gasteiger partial charge < -0.3 is 14.2 Å². The van der Waals surface area contributed by atoms with Crippen LogP contribution in [0.1, 0.15) is 5.56 Å². The van der Waals surface area contributed by atoms with Crippen LogP contribution in [0.3, 0.4) is 0 Å². The highest BCUT2D eigenvalue weighted by atomic mass is 16.5. The lowest BCUT2D eigenvalue weighted by Gasteiger charge is -2.18. The van der Waals surface area contributed by atoms with Crippen molar-refractivity contribution in [2.45, 2.75) is 18.6 Å². The lowest BCUT2D eigenvalue weighted by molar-refractivity contribution is -0.142. The molecule has 4 atom stereocenters. The average Bonchev–Trinajstić information content (AvgIpc) is 3.27. The van der Waals surface area contributed by atoms with Gasteiger partial charge in [0.2, 0.25) is 11.8 Å². The lowest BCUT2D eigenvalue weighted by Crippen LogP contribution is -2.36. The minimum Gasteiger partial charge on any atom is -0.493 e. The van der Waals surface area contributed by atoms with Crippen molar-refractivity contribution >= 4 is 11.8 Å². The molecule has 3 aliphatic heterocycles. The molecule has 6 nitrogen and oxygen atoms in total. The molecule has 0 saturated carbocycles. The molecule has 126 valence electrons. The van der Waals surface area contributed by atoms with Crippen molar-refractivity contribution in [2.24, 2.45) is 11.8 Å². The van der Waals surface area contributed by atoms with Crippen LogP contribution in [0.2, 0.25) is 0 Å². The van der Waals surface area contributed by atoms with E-state index in [1.165, 1.54) is 4.90 Å². The number of imide groups is 1. The van der Waals surface area contributed by atoms with Crippen LogP contribution in [0.15, 0.2) is 30.4 Å². The summed E-state index contributed by atoms with van der Waals surface area (Å²) in [5.41, 5.74) is 0.989. The predicted molar refractivity (Wildman–Crippen MR) is 84.8 cm³/mol. The largest absolute Gasteiger partial charge is 0.493 e. The zero-order valence-corrected chi connectivity index (χ0v) is 13.6. The molecule has 2 bridgehead atoms. The summed E-state index contributed by atoms with van der Waals surface area (Å²) in [6.45, 7) is 0.375. The summed E-state index contributed by atoms with van der Waals surface area (Å²) in [4.78, 5) is 26.5. The zero-order chi connectivity index (χ0) is 16.8. The fraction of sp³-hybridized carbons (Fsp3) is 0.444. The summed E-state index contributed by atoms with van der Waals surface area (Å²) in [7, 11) is 3.17. The topological polar surface area (TPSA) is 65.1 Å². The molecule has 1 aromatic carbocycles. The molecule has 24 heavy (non-hydrogen) atoms. The SMILES string of the molecule is COc1ccc(CCN2C(=O)[C@@H]3[C@@H](C2=O)[C@H]2C=C[C@H]3O2)cc1OC. The number of nitrogens with zero attached hydrogens (tertiary/aromatic N) is 1. The Labute approximate surface area is 140 Å². The first-order valence-corrected chi connectivity index (χ1v) is 8.04. The Kier molecular flexibility index (Phi) is 3.57. The van der Waals surface area contributed by atoms with Gasteiger partial charge in [0.1, 0.15) is 0 Å². The maximum atomic E-state index is 12.6. The minimum absolute atomic E-state index is 0.109. The van der Waals surface area contributed by atoms with Gasteiger partial charge in [-0.15, -0.1) is 0 Å². The first-order chi connectivity index (χ1) is 11.6. The molecule has 0 radical (unpaired) electrons. The average molecular weight is 329 g/mol. The van der Waals surface area contributed by atoms with Crippen molar-refractivity contribution in [2.75, 3.05) is 20.8 Å². The van der Waals surface area contributed by atoms with E-state index in [4.69, 9.17) is 14.2 Å². The summed E-state index contributed by atoms with van der Waals surface area (Å²) >= 11 is 0. The van der Waals surface area contributed by atoms with E-state index < -0.39 is 0 Å². The van der Waals surface area contributed by atoms with E-state index in [1.54, 1.807) is 14.2 Å². The molecule has 0 aliphatic carbocycles. The highest BCUT2D eigenvalue weighted by Crippen LogP contribution is 2.45. The number of benzene rings is 1. The van der Waals surface area contributed by atoms with E-state index in [0.717, 1.165) is 5.56 Å². The number of ether oxygens (including phenoxy) is 3. The van der Waals surface area contributed by atoms with Crippen molar-refractivity contribution in [1.29, 1.82) is 0 Å². The van der Waals surface area contributed by atoms with Gasteiger partial charge in [0, 0.05) is 6.54 Å². The van der Waals surface area contributed by atoms with Crippen LogP contribution in [0.5, 0.6) is 11.5 Å². The van der Waals surface area contributed by atoms with Crippen LogP contribution >= 0.6 is 0 Å². The Morgan fingerprint density at radius 2 is 1.62 bits per heavy atom. The number of methoxy groups -OCH3 is 2. The molecular formula is C18H19NO5. The number of fused-ring (bicyclic) bond motifs is 5. The highest BCUT2D eigenvalue weighted by molar-refractivity contribution is 6.06. The van der Waals surface area contributed by atoms with Crippen LogP contribution in [0.25, 0.3) is 0 Å². The minimum atomic E-state index is -0.335.